The van der Waals surface area contributed by atoms with E-state index in [0.29, 0.717) is 19.1 Å². The van der Waals surface area contributed by atoms with Crippen LogP contribution in [0.3, 0.4) is 0 Å². The van der Waals surface area contributed by atoms with Crippen molar-refractivity contribution in [2.45, 2.75) is 23.3 Å². The van der Waals surface area contributed by atoms with E-state index in [4.69, 9.17) is 4.74 Å². The first-order valence-corrected chi connectivity index (χ1v) is 7.98. The SMILES string of the molecule is Cn1cc2c(c1C=O)OCC1(CCNCC1)NS2(=O)=O. The van der Waals surface area contributed by atoms with Gasteiger partial charge in [0.15, 0.2) is 12.0 Å². The Labute approximate surface area is 117 Å². The first-order valence-electron chi connectivity index (χ1n) is 6.49. The highest BCUT2D eigenvalue weighted by molar-refractivity contribution is 7.89. The normalized spacial score (nSPS) is 23.6. The molecule has 1 aromatic rings. The molecule has 1 spiro atoms. The molecule has 2 aliphatic rings. The van der Waals surface area contributed by atoms with Crippen LogP contribution in [-0.4, -0.2) is 44.5 Å². The predicted octanol–water partition coefficient (Wildman–Crippen LogP) is -0.369. The van der Waals surface area contributed by atoms with E-state index in [1.165, 1.54) is 10.8 Å². The Morgan fingerprint density at radius 2 is 2.10 bits per heavy atom. The number of sulfonamides is 1. The Balaban J connectivity index is 2.07. The molecule has 0 radical (unpaired) electrons. The highest BCUT2D eigenvalue weighted by Crippen LogP contribution is 2.35. The molecule has 110 valence electrons. The Hall–Kier alpha value is -1.38. The molecule has 0 amide bonds. The minimum absolute atomic E-state index is 0.0394. The first-order chi connectivity index (χ1) is 9.47. The van der Waals surface area contributed by atoms with Gasteiger partial charge in [0.1, 0.15) is 17.2 Å². The minimum Gasteiger partial charge on any atom is -0.488 e. The largest absolute Gasteiger partial charge is 0.488 e. The third kappa shape index (κ3) is 2.04. The fraction of sp³-hybridized carbons (Fsp3) is 0.583. The average Bonchev–Trinajstić information content (AvgIpc) is 2.69. The van der Waals surface area contributed by atoms with Crippen LogP contribution in [0.15, 0.2) is 11.1 Å². The zero-order chi connectivity index (χ0) is 14.4. The molecule has 1 saturated heterocycles. The highest BCUT2D eigenvalue weighted by Gasteiger charge is 2.42. The van der Waals surface area contributed by atoms with Crippen molar-refractivity contribution in [3.8, 4) is 5.75 Å². The Morgan fingerprint density at radius 3 is 2.75 bits per heavy atom. The zero-order valence-corrected chi connectivity index (χ0v) is 12.0. The number of hydrogen-bond donors (Lipinski definition) is 2. The summed E-state index contributed by atoms with van der Waals surface area (Å²) in [6.45, 7) is 1.72. The van der Waals surface area contributed by atoms with Gasteiger partial charge in [0.25, 0.3) is 0 Å². The summed E-state index contributed by atoms with van der Waals surface area (Å²) in [5.41, 5.74) is -0.342. The third-order valence-corrected chi connectivity index (χ3v) is 5.52. The van der Waals surface area contributed by atoms with Crippen LogP contribution in [0.2, 0.25) is 0 Å². The molecule has 3 rings (SSSR count). The van der Waals surface area contributed by atoms with E-state index in [0.717, 1.165) is 13.1 Å². The lowest BCUT2D eigenvalue weighted by Crippen LogP contribution is -2.56. The number of hydrogen-bond acceptors (Lipinski definition) is 5. The van der Waals surface area contributed by atoms with E-state index < -0.39 is 15.6 Å². The van der Waals surface area contributed by atoms with E-state index in [1.807, 2.05) is 0 Å². The first kappa shape index (κ1) is 13.6. The van der Waals surface area contributed by atoms with Crippen molar-refractivity contribution < 1.29 is 17.9 Å². The number of piperidine rings is 1. The molecular weight excluding hydrogens is 282 g/mol. The maximum Gasteiger partial charge on any atom is 0.246 e. The van der Waals surface area contributed by atoms with Gasteiger partial charge >= 0.3 is 0 Å². The van der Waals surface area contributed by atoms with E-state index in [-0.39, 0.29) is 22.9 Å². The van der Waals surface area contributed by atoms with Gasteiger partial charge < -0.3 is 14.6 Å². The van der Waals surface area contributed by atoms with Crippen LogP contribution in [0.4, 0.5) is 0 Å². The fourth-order valence-electron chi connectivity index (χ4n) is 2.80. The molecule has 20 heavy (non-hydrogen) atoms. The lowest BCUT2D eigenvalue weighted by atomic mass is 9.90. The third-order valence-electron chi connectivity index (χ3n) is 3.95. The van der Waals surface area contributed by atoms with Crippen molar-refractivity contribution in [2.24, 2.45) is 7.05 Å². The molecule has 0 aromatic carbocycles. The van der Waals surface area contributed by atoms with Gasteiger partial charge in [-0.15, -0.1) is 0 Å². The molecular formula is C12H17N3O4S. The predicted molar refractivity (Wildman–Crippen MR) is 71.5 cm³/mol. The average molecular weight is 299 g/mol. The number of aryl methyl sites for hydroxylation is 1. The summed E-state index contributed by atoms with van der Waals surface area (Å²) in [4.78, 5) is 11.2. The summed E-state index contributed by atoms with van der Waals surface area (Å²) in [5, 5.41) is 3.20. The monoisotopic (exact) mass is 299 g/mol. The summed E-state index contributed by atoms with van der Waals surface area (Å²) in [7, 11) is -2.06. The van der Waals surface area contributed by atoms with Crippen LogP contribution in [0.5, 0.6) is 5.75 Å². The molecule has 7 nitrogen and oxygen atoms in total. The van der Waals surface area contributed by atoms with Gasteiger partial charge in [-0.2, -0.15) is 0 Å². The summed E-state index contributed by atoms with van der Waals surface area (Å²) in [6.07, 6.45) is 3.37. The van der Waals surface area contributed by atoms with Crippen LogP contribution < -0.4 is 14.8 Å². The van der Waals surface area contributed by atoms with Gasteiger partial charge in [-0.25, -0.2) is 13.1 Å². The lowest BCUT2D eigenvalue weighted by molar-refractivity contribution is 0.110. The molecule has 3 heterocycles. The van der Waals surface area contributed by atoms with Gasteiger partial charge in [-0.3, -0.25) is 4.79 Å². The molecule has 0 aliphatic carbocycles. The summed E-state index contributed by atoms with van der Waals surface area (Å²) in [5.74, 6) is 0.158. The number of carbonyl (C=O) groups is 1. The van der Waals surface area contributed by atoms with Crippen molar-refractivity contribution in [1.29, 1.82) is 0 Å². The second-order valence-corrected chi connectivity index (χ2v) is 7.01. The summed E-state index contributed by atoms with van der Waals surface area (Å²) < 4.78 is 35.0. The molecule has 1 fully saturated rings. The van der Waals surface area contributed by atoms with Crippen molar-refractivity contribution in [1.82, 2.24) is 14.6 Å². The molecule has 8 heteroatoms. The molecule has 2 aliphatic heterocycles. The Bertz CT molecular complexity index is 644. The number of aromatic nitrogens is 1. The number of fused-ring (bicyclic) bond motifs is 1. The van der Waals surface area contributed by atoms with E-state index in [2.05, 4.69) is 10.0 Å². The van der Waals surface area contributed by atoms with Crippen molar-refractivity contribution in [3.05, 3.63) is 11.9 Å². The van der Waals surface area contributed by atoms with Gasteiger partial charge in [-0.05, 0) is 25.9 Å². The standard InChI is InChI=1S/C12H17N3O4S/c1-15-6-10-11(9(15)7-16)19-8-12(14-20(10,17)18)2-4-13-5-3-12/h6-7,13-14H,2-5,8H2,1H3. The number of aldehydes is 1. The highest BCUT2D eigenvalue weighted by atomic mass is 32.2. The van der Waals surface area contributed by atoms with Gasteiger partial charge in [0.05, 0.1) is 5.54 Å². The van der Waals surface area contributed by atoms with Crippen molar-refractivity contribution in [2.75, 3.05) is 19.7 Å². The second-order valence-electron chi connectivity index (χ2n) is 5.36. The van der Waals surface area contributed by atoms with Crippen LogP contribution in [-0.2, 0) is 17.1 Å². The Kier molecular flexibility index (Phi) is 3.11. The molecule has 0 atom stereocenters. The van der Waals surface area contributed by atoms with Gasteiger partial charge in [-0.1, -0.05) is 0 Å². The van der Waals surface area contributed by atoms with Crippen LogP contribution in [0.25, 0.3) is 0 Å². The maximum absolute atomic E-state index is 12.5. The molecule has 0 saturated carbocycles. The van der Waals surface area contributed by atoms with Crippen molar-refractivity contribution >= 4 is 16.3 Å². The molecule has 0 unspecified atom stereocenters. The van der Waals surface area contributed by atoms with Gasteiger partial charge in [0, 0.05) is 13.2 Å². The van der Waals surface area contributed by atoms with Crippen molar-refractivity contribution in [3.63, 3.8) is 0 Å². The number of carbonyl (C=O) groups excluding carboxylic acids is 1. The van der Waals surface area contributed by atoms with Crippen LogP contribution >= 0.6 is 0 Å². The quantitative estimate of drug-likeness (QED) is 0.691. The fourth-order valence-corrected chi connectivity index (χ4v) is 4.44. The number of nitrogens with zero attached hydrogens (tertiary/aromatic N) is 1. The lowest BCUT2D eigenvalue weighted by Gasteiger charge is -2.35. The van der Waals surface area contributed by atoms with E-state index >= 15 is 0 Å². The van der Waals surface area contributed by atoms with E-state index in [9.17, 15) is 13.2 Å². The summed E-state index contributed by atoms with van der Waals surface area (Å²) in [6, 6.07) is 0. The van der Waals surface area contributed by atoms with E-state index in [1.54, 1.807) is 7.05 Å². The smallest absolute Gasteiger partial charge is 0.246 e. The number of ether oxygens (including phenoxy) is 1. The molecule has 2 N–H and O–H groups in total. The number of nitrogens with one attached hydrogen (secondary N) is 2. The van der Waals surface area contributed by atoms with Crippen LogP contribution in [0, 0.1) is 0 Å². The summed E-state index contributed by atoms with van der Waals surface area (Å²) >= 11 is 0. The zero-order valence-electron chi connectivity index (χ0n) is 11.2. The van der Waals surface area contributed by atoms with Crippen LogP contribution in [0.1, 0.15) is 23.3 Å². The second kappa shape index (κ2) is 4.57. The van der Waals surface area contributed by atoms with Gasteiger partial charge in [0.2, 0.25) is 10.0 Å². The Morgan fingerprint density at radius 1 is 1.40 bits per heavy atom. The maximum atomic E-state index is 12.5. The minimum atomic E-state index is -3.68. The molecule has 0 bridgehead atoms. The molecule has 1 aromatic heterocycles. The topological polar surface area (TPSA) is 89.4 Å². The number of rotatable bonds is 1.